The van der Waals surface area contributed by atoms with E-state index in [1.54, 1.807) is 6.92 Å². The second-order valence-electron chi connectivity index (χ2n) is 6.56. The molecule has 0 aromatic heterocycles. The Bertz CT molecular complexity index is 942. The number of ketones is 1. The first-order valence-corrected chi connectivity index (χ1v) is 9.31. The van der Waals surface area contributed by atoms with Gasteiger partial charge in [0.2, 0.25) is 5.91 Å². The van der Waals surface area contributed by atoms with Crippen molar-refractivity contribution in [1.82, 2.24) is 4.90 Å². The SMILES string of the molecule is CCc1c(O)cc(O)c(C(=O)c2ccc(F)c(F)c2)c1CC(=O)N(CCO)CCO. The first-order valence-electron chi connectivity index (χ1n) is 9.31. The molecule has 0 aliphatic heterocycles. The molecule has 162 valence electrons. The largest absolute Gasteiger partial charge is 0.508 e. The van der Waals surface area contributed by atoms with E-state index in [1.165, 1.54) is 4.90 Å². The van der Waals surface area contributed by atoms with Crippen molar-refractivity contribution in [2.45, 2.75) is 19.8 Å². The van der Waals surface area contributed by atoms with Gasteiger partial charge in [-0.05, 0) is 35.7 Å². The Balaban J connectivity index is 2.58. The van der Waals surface area contributed by atoms with Crippen molar-refractivity contribution in [2.75, 3.05) is 26.3 Å². The average molecular weight is 423 g/mol. The van der Waals surface area contributed by atoms with Gasteiger partial charge in [0, 0.05) is 24.7 Å². The lowest BCUT2D eigenvalue weighted by Crippen LogP contribution is -2.37. The number of benzene rings is 2. The summed E-state index contributed by atoms with van der Waals surface area (Å²) in [5, 5.41) is 38.8. The molecule has 9 heteroatoms. The predicted octanol–water partition coefficient (Wildman–Crippen LogP) is 1.53. The number of rotatable bonds is 9. The van der Waals surface area contributed by atoms with Crippen molar-refractivity contribution in [1.29, 1.82) is 0 Å². The summed E-state index contributed by atoms with van der Waals surface area (Å²) in [6.45, 7) is 0.859. The number of phenolic OH excluding ortho intramolecular Hbond substituents is 2. The van der Waals surface area contributed by atoms with E-state index in [1.807, 2.05) is 0 Å². The van der Waals surface area contributed by atoms with Gasteiger partial charge in [-0.15, -0.1) is 0 Å². The Kier molecular flexibility index (Phi) is 7.85. The first kappa shape index (κ1) is 23.2. The molecular formula is C21H23F2NO6. The minimum atomic E-state index is -1.25. The molecule has 0 spiro atoms. The van der Waals surface area contributed by atoms with E-state index in [9.17, 15) is 28.6 Å². The third kappa shape index (κ3) is 4.92. The average Bonchev–Trinajstić information content (AvgIpc) is 2.69. The Labute approximate surface area is 171 Å². The molecule has 1 amide bonds. The summed E-state index contributed by atoms with van der Waals surface area (Å²) in [5.41, 5.74) is -0.277. The molecule has 0 saturated carbocycles. The van der Waals surface area contributed by atoms with Crippen LogP contribution in [-0.4, -0.2) is 63.3 Å². The summed E-state index contributed by atoms with van der Waals surface area (Å²) in [4.78, 5) is 26.9. The van der Waals surface area contributed by atoms with E-state index < -0.39 is 35.5 Å². The molecule has 0 bridgehead atoms. The van der Waals surface area contributed by atoms with Gasteiger partial charge in [0.05, 0.1) is 25.2 Å². The maximum absolute atomic E-state index is 13.6. The molecule has 0 aliphatic carbocycles. The number of amides is 1. The zero-order valence-electron chi connectivity index (χ0n) is 16.4. The van der Waals surface area contributed by atoms with Gasteiger partial charge in [0.1, 0.15) is 11.5 Å². The van der Waals surface area contributed by atoms with E-state index >= 15 is 0 Å². The van der Waals surface area contributed by atoms with Crippen LogP contribution in [0.2, 0.25) is 0 Å². The van der Waals surface area contributed by atoms with Crippen LogP contribution in [0.5, 0.6) is 11.5 Å². The normalized spacial score (nSPS) is 10.8. The quantitative estimate of drug-likeness (QED) is 0.454. The molecule has 0 heterocycles. The van der Waals surface area contributed by atoms with Gasteiger partial charge in [-0.2, -0.15) is 0 Å². The van der Waals surface area contributed by atoms with Crippen molar-refractivity contribution in [2.24, 2.45) is 0 Å². The summed E-state index contributed by atoms with van der Waals surface area (Å²) >= 11 is 0. The lowest BCUT2D eigenvalue weighted by Gasteiger charge is -2.23. The second-order valence-corrected chi connectivity index (χ2v) is 6.56. The fraction of sp³-hybridized carbons (Fsp3) is 0.333. The fourth-order valence-corrected chi connectivity index (χ4v) is 3.24. The maximum atomic E-state index is 13.6. The minimum absolute atomic E-state index is 0.0376. The highest BCUT2D eigenvalue weighted by molar-refractivity contribution is 6.12. The van der Waals surface area contributed by atoms with Gasteiger partial charge >= 0.3 is 0 Å². The fourth-order valence-electron chi connectivity index (χ4n) is 3.24. The number of hydrogen-bond donors (Lipinski definition) is 4. The minimum Gasteiger partial charge on any atom is -0.508 e. The van der Waals surface area contributed by atoms with Crippen LogP contribution in [0.4, 0.5) is 8.78 Å². The van der Waals surface area contributed by atoms with E-state index in [0.717, 1.165) is 18.2 Å². The van der Waals surface area contributed by atoms with Crippen molar-refractivity contribution in [3.05, 3.63) is 58.2 Å². The summed E-state index contributed by atoms with van der Waals surface area (Å²) in [6.07, 6.45) is -0.206. The van der Waals surface area contributed by atoms with Crippen molar-refractivity contribution in [3.8, 4) is 11.5 Å². The van der Waals surface area contributed by atoms with Crippen LogP contribution in [0.15, 0.2) is 24.3 Å². The topological polar surface area (TPSA) is 118 Å². The van der Waals surface area contributed by atoms with Crippen LogP contribution in [0.3, 0.4) is 0 Å². The van der Waals surface area contributed by atoms with Gasteiger partial charge < -0.3 is 25.3 Å². The summed E-state index contributed by atoms with van der Waals surface area (Å²) in [7, 11) is 0. The highest BCUT2D eigenvalue weighted by atomic mass is 19.2. The van der Waals surface area contributed by atoms with Gasteiger partial charge in [0.15, 0.2) is 17.4 Å². The number of halogens is 2. The van der Waals surface area contributed by atoms with E-state index in [2.05, 4.69) is 0 Å². The van der Waals surface area contributed by atoms with E-state index in [-0.39, 0.29) is 60.7 Å². The van der Waals surface area contributed by atoms with Gasteiger partial charge in [-0.3, -0.25) is 9.59 Å². The molecule has 30 heavy (non-hydrogen) atoms. The molecule has 0 aliphatic rings. The molecule has 2 aromatic rings. The number of hydrogen-bond acceptors (Lipinski definition) is 6. The second kappa shape index (κ2) is 10.1. The first-order chi connectivity index (χ1) is 14.2. The smallest absolute Gasteiger partial charge is 0.227 e. The van der Waals surface area contributed by atoms with Crippen LogP contribution < -0.4 is 0 Å². The third-order valence-electron chi connectivity index (χ3n) is 4.69. The Morgan fingerprint density at radius 3 is 2.10 bits per heavy atom. The van der Waals surface area contributed by atoms with Gasteiger partial charge in [0.25, 0.3) is 0 Å². The Morgan fingerprint density at radius 1 is 0.933 bits per heavy atom. The number of carbonyl (C=O) groups is 2. The number of aliphatic hydroxyl groups is 2. The molecule has 0 atom stereocenters. The third-order valence-corrected chi connectivity index (χ3v) is 4.69. The molecule has 0 fully saturated rings. The molecule has 4 N–H and O–H groups in total. The zero-order valence-corrected chi connectivity index (χ0v) is 16.4. The molecule has 0 radical (unpaired) electrons. The number of nitrogens with zero attached hydrogens (tertiary/aromatic N) is 1. The molecule has 2 rings (SSSR count). The Morgan fingerprint density at radius 2 is 1.57 bits per heavy atom. The van der Waals surface area contributed by atoms with E-state index in [4.69, 9.17) is 10.2 Å². The number of aliphatic hydroxyl groups excluding tert-OH is 2. The van der Waals surface area contributed by atoms with Crippen molar-refractivity contribution >= 4 is 11.7 Å². The number of aromatic hydroxyl groups is 2. The summed E-state index contributed by atoms with van der Waals surface area (Å²) < 4.78 is 26.9. The van der Waals surface area contributed by atoms with Gasteiger partial charge in [-0.25, -0.2) is 8.78 Å². The molecule has 7 nitrogen and oxygen atoms in total. The zero-order chi connectivity index (χ0) is 22.4. The molecule has 0 unspecified atom stereocenters. The number of phenols is 2. The van der Waals surface area contributed by atoms with Crippen molar-refractivity contribution in [3.63, 3.8) is 0 Å². The summed E-state index contributed by atoms with van der Waals surface area (Å²) in [5.74, 6) is -4.73. The predicted molar refractivity (Wildman–Crippen MR) is 103 cm³/mol. The van der Waals surface area contributed by atoms with Gasteiger partial charge in [-0.1, -0.05) is 6.92 Å². The number of carbonyl (C=O) groups excluding carboxylic acids is 2. The summed E-state index contributed by atoms with van der Waals surface area (Å²) in [6, 6.07) is 3.47. The molecule has 2 aromatic carbocycles. The van der Waals surface area contributed by atoms with Crippen LogP contribution in [-0.2, 0) is 17.6 Å². The standard InChI is InChI=1S/C21H23F2NO6/c1-2-13-14(10-19(29)24(5-7-25)6-8-26)20(18(28)11-17(13)27)21(30)12-3-4-15(22)16(23)9-12/h3-4,9,11,25-28H,2,5-8,10H2,1H3. The Hall–Kier alpha value is -3.04. The molecule has 0 saturated heterocycles. The lowest BCUT2D eigenvalue weighted by molar-refractivity contribution is -0.131. The van der Waals surface area contributed by atoms with E-state index in [0.29, 0.717) is 6.07 Å². The van der Waals surface area contributed by atoms with Crippen LogP contribution >= 0.6 is 0 Å². The highest BCUT2D eigenvalue weighted by Crippen LogP contribution is 2.35. The monoisotopic (exact) mass is 423 g/mol. The van der Waals surface area contributed by atoms with Crippen molar-refractivity contribution < 1.29 is 38.8 Å². The highest BCUT2D eigenvalue weighted by Gasteiger charge is 2.26. The lowest BCUT2D eigenvalue weighted by atomic mass is 9.89. The maximum Gasteiger partial charge on any atom is 0.227 e. The van der Waals surface area contributed by atoms with Crippen LogP contribution in [0.1, 0.15) is 34.0 Å². The van der Waals surface area contributed by atoms with Crippen LogP contribution in [0.25, 0.3) is 0 Å². The van der Waals surface area contributed by atoms with Crippen LogP contribution in [0, 0.1) is 11.6 Å². The molecular weight excluding hydrogens is 400 g/mol.